The summed E-state index contributed by atoms with van der Waals surface area (Å²) in [4.78, 5) is 37.4. The smallest absolute Gasteiger partial charge is 0.407 e. The molecule has 2 aromatic rings. The number of hydrogen-bond acceptors (Lipinski definition) is 4. The molecule has 0 radical (unpaired) electrons. The molecule has 0 aromatic heterocycles. The molecule has 2 aliphatic rings. The fraction of sp³-hybridized carbons (Fsp3) is 0.393. The van der Waals surface area contributed by atoms with Crippen molar-refractivity contribution in [2.45, 2.75) is 50.5 Å². The number of carboxylic acids is 1. The summed E-state index contributed by atoms with van der Waals surface area (Å²) in [6.07, 6.45) is 4.62. The van der Waals surface area contributed by atoms with E-state index in [0.29, 0.717) is 25.7 Å². The van der Waals surface area contributed by atoms with Crippen LogP contribution in [0.3, 0.4) is 0 Å². The molecule has 4 rings (SSSR count). The van der Waals surface area contributed by atoms with E-state index in [2.05, 4.69) is 29.3 Å². The van der Waals surface area contributed by atoms with Gasteiger partial charge in [0, 0.05) is 12.5 Å². The number of amides is 2. The Morgan fingerprint density at radius 3 is 2.23 bits per heavy atom. The zero-order valence-electron chi connectivity index (χ0n) is 19.8. The third-order valence-corrected chi connectivity index (χ3v) is 7.23. The maximum absolute atomic E-state index is 12.9. The van der Waals surface area contributed by atoms with Gasteiger partial charge in [0.1, 0.15) is 12.6 Å². The number of aliphatic carboxylic acids is 1. The average molecular weight is 477 g/mol. The number of hydrogen-bond donors (Lipinski definition) is 3. The minimum atomic E-state index is -0.928. The van der Waals surface area contributed by atoms with Gasteiger partial charge in [0.2, 0.25) is 5.91 Å². The zero-order valence-corrected chi connectivity index (χ0v) is 19.8. The standard InChI is InChI=1S/C28H32N2O5/c1-2-3-14-24(25(31)29-18-28(26(32)33)15-8-9-16-28)30-27(34)35-17-23-21-12-6-4-10-19(21)20-11-5-7-13-22(20)23/h2,4-7,10-13,23-24H,1,3,8-9,14-18H2,(H,29,31)(H,30,34)(H,32,33). The van der Waals surface area contributed by atoms with Crippen LogP contribution in [0, 0.1) is 5.41 Å². The minimum Gasteiger partial charge on any atom is -0.481 e. The topological polar surface area (TPSA) is 105 Å². The number of benzene rings is 2. The second kappa shape index (κ2) is 10.8. The van der Waals surface area contributed by atoms with Crippen molar-refractivity contribution < 1.29 is 24.2 Å². The van der Waals surface area contributed by atoms with E-state index in [1.54, 1.807) is 6.08 Å². The van der Waals surface area contributed by atoms with Crippen LogP contribution >= 0.6 is 0 Å². The van der Waals surface area contributed by atoms with Crippen LogP contribution in [-0.4, -0.2) is 42.3 Å². The number of allylic oxidation sites excluding steroid dienone is 1. The number of carboxylic acid groups (broad SMARTS) is 1. The highest BCUT2D eigenvalue weighted by molar-refractivity contribution is 5.86. The lowest BCUT2D eigenvalue weighted by atomic mass is 9.86. The molecule has 7 nitrogen and oxygen atoms in total. The normalized spacial score (nSPS) is 16.6. The molecule has 2 amide bonds. The minimum absolute atomic E-state index is 0.0537. The van der Waals surface area contributed by atoms with Crippen molar-refractivity contribution >= 4 is 18.0 Å². The van der Waals surface area contributed by atoms with Gasteiger partial charge in [-0.15, -0.1) is 6.58 Å². The number of carbonyl (C=O) groups excluding carboxylic acids is 2. The second-order valence-electron chi connectivity index (χ2n) is 9.40. The molecule has 0 aliphatic heterocycles. The average Bonchev–Trinajstić information content (AvgIpc) is 3.48. The van der Waals surface area contributed by atoms with E-state index in [9.17, 15) is 19.5 Å². The molecule has 1 saturated carbocycles. The van der Waals surface area contributed by atoms with Gasteiger partial charge in [0.05, 0.1) is 5.41 Å². The van der Waals surface area contributed by atoms with E-state index in [-0.39, 0.29) is 19.1 Å². The predicted octanol–water partition coefficient (Wildman–Crippen LogP) is 4.62. The molecule has 184 valence electrons. The molecular weight excluding hydrogens is 444 g/mol. The number of alkyl carbamates (subject to hydrolysis) is 1. The molecule has 1 fully saturated rings. The molecule has 2 aromatic carbocycles. The highest BCUT2D eigenvalue weighted by Crippen LogP contribution is 2.44. The van der Waals surface area contributed by atoms with Gasteiger partial charge in [-0.1, -0.05) is 67.4 Å². The SMILES string of the molecule is C=CCCC(NC(=O)OCC1c2ccccc2-c2ccccc21)C(=O)NCC1(C(=O)O)CCCC1. The Hall–Kier alpha value is -3.61. The molecule has 3 N–H and O–H groups in total. The van der Waals surface area contributed by atoms with Gasteiger partial charge >= 0.3 is 12.1 Å². The Bertz CT molecular complexity index is 1060. The van der Waals surface area contributed by atoms with Gasteiger partial charge in [-0.2, -0.15) is 0 Å². The number of rotatable bonds is 10. The lowest BCUT2D eigenvalue weighted by Crippen LogP contribution is -2.50. The number of carbonyl (C=O) groups is 3. The summed E-state index contributed by atoms with van der Waals surface area (Å²) in [7, 11) is 0. The Morgan fingerprint density at radius 2 is 1.66 bits per heavy atom. The monoisotopic (exact) mass is 476 g/mol. The van der Waals surface area contributed by atoms with Crippen LogP contribution < -0.4 is 10.6 Å². The Labute approximate surface area is 205 Å². The lowest BCUT2D eigenvalue weighted by molar-refractivity contribution is -0.148. The third-order valence-electron chi connectivity index (χ3n) is 7.23. The first kappa shape index (κ1) is 24.5. The first-order valence-corrected chi connectivity index (χ1v) is 12.2. The van der Waals surface area contributed by atoms with Crippen LogP contribution in [0.25, 0.3) is 11.1 Å². The van der Waals surface area contributed by atoms with Crippen molar-refractivity contribution in [3.05, 3.63) is 72.3 Å². The first-order valence-electron chi connectivity index (χ1n) is 12.2. The van der Waals surface area contributed by atoms with E-state index in [4.69, 9.17) is 4.74 Å². The molecule has 0 saturated heterocycles. The van der Waals surface area contributed by atoms with Gasteiger partial charge in [0.25, 0.3) is 0 Å². The van der Waals surface area contributed by atoms with Crippen molar-refractivity contribution in [2.75, 3.05) is 13.2 Å². The summed E-state index contributed by atoms with van der Waals surface area (Å²) < 4.78 is 5.59. The van der Waals surface area contributed by atoms with Gasteiger partial charge in [-0.05, 0) is 47.9 Å². The summed E-state index contributed by atoms with van der Waals surface area (Å²) in [6, 6.07) is 15.3. The van der Waals surface area contributed by atoms with Crippen LogP contribution in [0.5, 0.6) is 0 Å². The maximum atomic E-state index is 12.9. The van der Waals surface area contributed by atoms with Crippen LogP contribution in [0.4, 0.5) is 4.79 Å². The highest BCUT2D eigenvalue weighted by Gasteiger charge is 2.42. The van der Waals surface area contributed by atoms with E-state index >= 15 is 0 Å². The van der Waals surface area contributed by atoms with Gasteiger partial charge in [0.15, 0.2) is 0 Å². The Balaban J connectivity index is 1.38. The quantitative estimate of drug-likeness (QED) is 0.434. The molecule has 0 bridgehead atoms. The number of ether oxygens (including phenoxy) is 1. The molecule has 35 heavy (non-hydrogen) atoms. The number of fused-ring (bicyclic) bond motifs is 3. The Kier molecular flexibility index (Phi) is 7.54. The summed E-state index contributed by atoms with van der Waals surface area (Å²) in [5.74, 6) is -1.37. The summed E-state index contributed by atoms with van der Waals surface area (Å²) in [5.41, 5.74) is 3.57. The number of nitrogens with one attached hydrogen (secondary N) is 2. The molecule has 0 spiro atoms. The molecule has 1 atom stereocenters. The maximum Gasteiger partial charge on any atom is 0.407 e. The first-order chi connectivity index (χ1) is 16.9. The van der Waals surface area contributed by atoms with Crippen molar-refractivity contribution in [1.82, 2.24) is 10.6 Å². The predicted molar refractivity (Wildman–Crippen MR) is 133 cm³/mol. The summed E-state index contributed by atoms with van der Waals surface area (Å²) in [6.45, 7) is 3.90. The highest BCUT2D eigenvalue weighted by atomic mass is 16.5. The van der Waals surface area contributed by atoms with E-state index in [1.165, 1.54) is 0 Å². The van der Waals surface area contributed by atoms with Crippen LogP contribution in [-0.2, 0) is 14.3 Å². The van der Waals surface area contributed by atoms with Crippen LogP contribution in [0.1, 0.15) is 55.6 Å². The Morgan fingerprint density at radius 1 is 1.06 bits per heavy atom. The van der Waals surface area contributed by atoms with Crippen LogP contribution in [0.15, 0.2) is 61.2 Å². The van der Waals surface area contributed by atoms with E-state index in [1.807, 2.05) is 36.4 Å². The summed E-state index contributed by atoms with van der Waals surface area (Å²) in [5, 5.41) is 15.1. The zero-order chi connectivity index (χ0) is 24.8. The lowest BCUT2D eigenvalue weighted by Gasteiger charge is -2.26. The van der Waals surface area contributed by atoms with Gasteiger partial charge in [-0.25, -0.2) is 4.79 Å². The molecule has 1 unspecified atom stereocenters. The second-order valence-corrected chi connectivity index (χ2v) is 9.40. The molecule has 2 aliphatic carbocycles. The van der Waals surface area contributed by atoms with Crippen LogP contribution in [0.2, 0.25) is 0 Å². The fourth-order valence-electron chi connectivity index (χ4n) is 5.23. The van der Waals surface area contributed by atoms with Gasteiger partial charge < -0.3 is 20.5 Å². The molecular formula is C28H32N2O5. The largest absolute Gasteiger partial charge is 0.481 e. The van der Waals surface area contributed by atoms with Gasteiger partial charge in [-0.3, -0.25) is 9.59 Å². The fourth-order valence-corrected chi connectivity index (χ4v) is 5.23. The summed E-state index contributed by atoms with van der Waals surface area (Å²) >= 11 is 0. The van der Waals surface area contributed by atoms with Crippen molar-refractivity contribution in [1.29, 1.82) is 0 Å². The van der Waals surface area contributed by atoms with E-state index in [0.717, 1.165) is 35.1 Å². The molecule has 7 heteroatoms. The van der Waals surface area contributed by atoms with E-state index < -0.39 is 29.4 Å². The van der Waals surface area contributed by atoms with Crippen molar-refractivity contribution in [3.63, 3.8) is 0 Å². The van der Waals surface area contributed by atoms with Crippen molar-refractivity contribution in [3.8, 4) is 11.1 Å². The molecule has 0 heterocycles. The van der Waals surface area contributed by atoms with Crippen molar-refractivity contribution in [2.24, 2.45) is 5.41 Å². The third kappa shape index (κ3) is 5.24.